The van der Waals surface area contributed by atoms with Crippen LogP contribution in [0.25, 0.3) is 0 Å². The van der Waals surface area contributed by atoms with Gasteiger partial charge in [0.15, 0.2) is 11.5 Å². The van der Waals surface area contributed by atoms with E-state index in [0.29, 0.717) is 29.4 Å². The fourth-order valence-electron chi connectivity index (χ4n) is 3.74. The number of hydrogen-bond acceptors (Lipinski definition) is 6. The highest BCUT2D eigenvalue weighted by Gasteiger charge is 2.44. The van der Waals surface area contributed by atoms with Gasteiger partial charge in [0.05, 0.1) is 31.0 Å². The van der Waals surface area contributed by atoms with Gasteiger partial charge in [0.2, 0.25) is 5.78 Å². The summed E-state index contributed by atoms with van der Waals surface area (Å²) in [5, 5.41) is 10.7. The fraction of sp³-hybridized carbons (Fsp3) is 0.280. The minimum Gasteiger partial charge on any atom is -0.503 e. The summed E-state index contributed by atoms with van der Waals surface area (Å²) in [4.78, 5) is 27.6. The van der Waals surface area contributed by atoms with Crippen LogP contribution in [0.15, 0.2) is 75.0 Å². The Bertz CT molecular complexity index is 1120. The predicted octanol–water partition coefficient (Wildman–Crippen LogP) is 5.14. The lowest BCUT2D eigenvalue weighted by atomic mass is 9.95. The van der Waals surface area contributed by atoms with Gasteiger partial charge >= 0.3 is 0 Å². The van der Waals surface area contributed by atoms with Crippen LogP contribution in [0, 0.1) is 6.92 Å². The molecule has 0 radical (unpaired) electrons. The van der Waals surface area contributed by atoms with Crippen molar-refractivity contribution in [3.05, 3.63) is 89.0 Å². The molecule has 0 bridgehead atoms. The number of unbranched alkanes of at least 4 members (excludes halogenated alkanes) is 1. The van der Waals surface area contributed by atoms with Gasteiger partial charge in [-0.05, 0) is 55.3 Å². The molecule has 166 valence electrons. The number of hydrogen-bond donors (Lipinski definition) is 1. The molecule has 0 saturated heterocycles. The maximum Gasteiger partial charge on any atom is 0.290 e. The first-order valence-corrected chi connectivity index (χ1v) is 10.6. The van der Waals surface area contributed by atoms with Crippen molar-refractivity contribution in [2.24, 2.45) is 0 Å². The van der Waals surface area contributed by atoms with Crippen LogP contribution in [0.2, 0.25) is 0 Å². The van der Waals surface area contributed by atoms with Gasteiger partial charge in [-0.15, -0.1) is 0 Å². The van der Waals surface area contributed by atoms with E-state index >= 15 is 0 Å². The number of nitrogens with zero attached hydrogens (tertiary/aromatic N) is 1. The number of furan rings is 2. The minimum absolute atomic E-state index is 0.0180. The minimum atomic E-state index is -0.796. The number of aliphatic hydroxyl groups is 1. The predicted molar refractivity (Wildman–Crippen MR) is 116 cm³/mol. The number of carbonyl (C=O) groups is 2. The SMILES string of the molecule is CCCCOc1ccc([C@H]2C(C(=O)c3ccc(C)o3)=C(O)C(=O)N2Cc2ccco2)cc1. The first kappa shape index (κ1) is 21.5. The van der Waals surface area contributed by atoms with Crippen LogP contribution >= 0.6 is 0 Å². The number of carbonyl (C=O) groups excluding carboxylic acids is 2. The number of rotatable bonds is 9. The second-order valence-electron chi connectivity index (χ2n) is 7.69. The Morgan fingerprint density at radius 2 is 1.94 bits per heavy atom. The summed E-state index contributed by atoms with van der Waals surface area (Å²) < 4.78 is 16.6. The molecule has 7 heteroatoms. The van der Waals surface area contributed by atoms with Crippen molar-refractivity contribution in [1.82, 2.24) is 4.90 Å². The molecule has 0 saturated carbocycles. The van der Waals surface area contributed by atoms with E-state index in [0.717, 1.165) is 12.8 Å². The van der Waals surface area contributed by atoms with Crippen LogP contribution in [0.5, 0.6) is 5.75 Å². The molecule has 0 unspecified atom stereocenters. The zero-order valence-corrected chi connectivity index (χ0v) is 18.0. The van der Waals surface area contributed by atoms with Crippen molar-refractivity contribution in [3.63, 3.8) is 0 Å². The summed E-state index contributed by atoms with van der Waals surface area (Å²) in [6.45, 7) is 4.53. The summed E-state index contributed by atoms with van der Waals surface area (Å²) in [7, 11) is 0. The van der Waals surface area contributed by atoms with Crippen LogP contribution in [0.1, 0.15) is 53.4 Å². The largest absolute Gasteiger partial charge is 0.503 e. The molecule has 1 aromatic carbocycles. The molecule has 1 N–H and O–H groups in total. The molecule has 0 fully saturated rings. The van der Waals surface area contributed by atoms with Crippen molar-refractivity contribution >= 4 is 11.7 Å². The second kappa shape index (κ2) is 9.18. The molecule has 1 aliphatic heterocycles. The summed E-state index contributed by atoms with van der Waals surface area (Å²) in [5.41, 5.74) is 0.652. The molecule has 2 aromatic heterocycles. The zero-order valence-electron chi connectivity index (χ0n) is 18.0. The molecule has 4 rings (SSSR count). The number of aryl methyl sites for hydroxylation is 1. The number of Topliss-reactive ketones (excluding diaryl/α,β-unsaturated/α-hetero) is 1. The first-order chi connectivity index (χ1) is 15.5. The normalized spacial score (nSPS) is 16.1. The van der Waals surface area contributed by atoms with Gasteiger partial charge in [-0.3, -0.25) is 9.59 Å². The van der Waals surface area contributed by atoms with Gasteiger partial charge in [-0.1, -0.05) is 25.5 Å². The first-order valence-electron chi connectivity index (χ1n) is 10.6. The third-order valence-corrected chi connectivity index (χ3v) is 5.38. The number of ketones is 1. The van der Waals surface area contributed by atoms with E-state index in [1.165, 1.54) is 11.2 Å². The number of ether oxygens (including phenoxy) is 1. The fourth-order valence-corrected chi connectivity index (χ4v) is 3.74. The van der Waals surface area contributed by atoms with Gasteiger partial charge in [0, 0.05) is 0 Å². The van der Waals surface area contributed by atoms with Gasteiger partial charge in [0.1, 0.15) is 17.3 Å². The van der Waals surface area contributed by atoms with E-state index < -0.39 is 23.5 Å². The molecule has 3 aromatic rings. The lowest BCUT2D eigenvalue weighted by Gasteiger charge is -2.26. The molecule has 1 amide bonds. The average Bonchev–Trinajstić information content (AvgIpc) is 3.52. The van der Waals surface area contributed by atoms with Gasteiger partial charge in [-0.25, -0.2) is 0 Å². The quantitative estimate of drug-likeness (QED) is 0.370. The Labute approximate surface area is 185 Å². The standard InChI is InChI=1S/C25H25NO6/c1-3-4-13-30-18-10-8-17(9-11-18)22-21(23(27)20-12-7-16(2)32-20)24(28)25(29)26(22)15-19-6-5-14-31-19/h5-12,14,22,28H,3-4,13,15H2,1-2H3/t22-/m0/s1. The maximum atomic E-state index is 13.3. The van der Waals surface area contributed by atoms with Crippen molar-refractivity contribution in [1.29, 1.82) is 0 Å². The monoisotopic (exact) mass is 435 g/mol. The van der Waals surface area contributed by atoms with Crippen LogP contribution in [0.4, 0.5) is 0 Å². The number of benzene rings is 1. The summed E-state index contributed by atoms with van der Waals surface area (Å²) in [6.07, 6.45) is 3.50. The van der Waals surface area contributed by atoms with E-state index in [2.05, 4.69) is 6.92 Å². The van der Waals surface area contributed by atoms with Crippen molar-refractivity contribution in [2.75, 3.05) is 6.61 Å². The van der Waals surface area contributed by atoms with E-state index in [1.54, 1.807) is 55.5 Å². The Balaban J connectivity index is 1.70. The highest BCUT2D eigenvalue weighted by molar-refractivity contribution is 6.15. The maximum absolute atomic E-state index is 13.3. The lowest BCUT2D eigenvalue weighted by molar-refractivity contribution is -0.130. The molecule has 7 nitrogen and oxygen atoms in total. The molecule has 32 heavy (non-hydrogen) atoms. The van der Waals surface area contributed by atoms with Crippen molar-refractivity contribution in [3.8, 4) is 5.75 Å². The van der Waals surface area contributed by atoms with E-state index in [-0.39, 0.29) is 17.9 Å². The van der Waals surface area contributed by atoms with Crippen molar-refractivity contribution in [2.45, 2.75) is 39.3 Å². The molecule has 3 heterocycles. The average molecular weight is 435 g/mol. The van der Waals surface area contributed by atoms with Crippen LogP contribution in [-0.2, 0) is 11.3 Å². The molecule has 1 atom stereocenters. The van der Waals surface area contributed by atoms with E-state index in [1.807, 2.05) is 0 Å². The Kier molecular flexibility index (Phi) is 6.16. The second-order valence-corrected chi connectivity index (χ2v) is 7.69. The Hall–Kier alpha value is -3.74. The smallest absolute Gasteiger partial charge is 0.290 e. The highest BCUT2D eigenvalue weighted by Crippen LogP contribution is 2.40. The summed E-state index contributed by atoms with van der Waals surface area (Å²) >= 11 is 0. The number of aliphatic hydroxyl groups excluding tert-OH is 1. The third kappa shape index (κ3) is 4.19. The summed E-state index contributed by atoms with van der Waals surface area (Å²) in [5.74, 6) is 0.131. The van der Waals surface area contributed by atoms with Crippen LogP contribution in [-0.4, -0.2) is 28.3 Å². The third-order valence-electron chi connectivity index (χ3n) is 5.38. The number of amides is 1. The lowest BCUT2D eigenvalue weighted by Crippen LogP contribution is -2.30. The van der Waals surface area contributed by atoms with Gasteiger partial charge < -0.3 is 23.6 Å². The molecular formula is C25H25NO6. The highest BCUT2D eigenvalue weighted by atomic mass is 16.5. The zero-order chi connectivity index (χ0) is 22.7. The molecule has 0 aliphatic carbocycles. The van der Waals surface area contributed by atoms with E-state index in [9.17, 15) is 14.7 Å². The van der Waals surface area contributed by atoms with Gasteiger partial charge in [0.25, 0.3) is 5.91 Å². The molecular weight excluding hydrogens is 410 g/mol. The van der Waals surface area contributed by atoms with E-state index in [4.69, 9.17) is 13.6 Å². The Morgan fingerprint density at radius 3 is 2.56 bits per heavy atom. The molecule has 1 aliphatic rings. The van der Waals surface area contributed by atoms with Gasteiger partial charge in [-0.2, -0.15) is 0 Å². The summed E-state index contributed by atoms with van der Waals surface area (Å²) in [6, 6.07) is 13.1. The molecule has 0 spiro atoms. The van der Waals surface area contributed by atoms with Crippen molar-refractivity contribution < 1.29 is 28.3 Å². The Morgan fingerprint density at radius 1 is 1.16 bits per heavy atom. The van der Waals surface area contributed by atoms with Crippen LogP contribution in [0.3, 0.4) is 0 Å². The van der Waals surface area contributed by atoms with Crippen LogP contribution < -0.4 is 4.74 Å². The topological polar surface area (TPSA) is 93.1 Å².